The molecule has 1 aromatic carbocycles. The highest BCUT2D eigenvalue weighted by Gasteiger charge is 2.42. The minimum absolute atomic E-state index is 0.178. The van der Waals surface area contributed by atoms with E-state index >= 15 is 0 Å². The van der Waals surface area contributed by atoms with Gasteiger partial charge < -0.3 is 5.32 Å². The second-order valence-electron chi connectivity index (χ2n) is 6.81. The first-order valence-electron chi connectivity index (χ1n) is 8.74. The summed E-state index contributed by atoms with van der Waals surface area (Å²) in [5.74, 6) is -0.734. The van der Waals surface area contributed by atoms with E-state index in [1.54, 1.807) is 5.38 Å². The summed E-state index contributed by atoms with van der Waals surface area (Å²) < 4.78 is 13.4. The Morgan fingerprint density at radius 3 is 2.60 bits per heavy atom. The molecule has 0 aliphatic carbocycles. The largest absolute Gasteiger partial charge is 0.350 e. The number of amides is 1. The molecule has 2 aliphatic rings. The SMILES string of the molecule is O=C(NCCN1CC2CC1CN2Cc1ccccc1)c1sccc1F. The maximum absolute atomic E-state index is 13.4. The molecular weight excluding hydrogens is 337 g/mol. The van der Waals surface area contributed by atoms with Crippen LogP contribution in [0.3, 0.4) is 0 Å². The van der Waals surface area contributed by atoms with Crippen molar-refractivity contribution in [3.8, 4) is 0 Å². The van der Waals surface area contributed by atoms with Crippen LogP contribution in [0.4, 0.5) is 4.39 Å². The van der Waals surface area contributed by atoms with Gasteiger partial charge in [-0.15, -0.1) is 11.3 Å². The van der Waals surface area contributed by atoms with Gasteiger partial charge in [0.15, 0.2) is 0 Å². The molecule has 2 aliphatic heterocycles. The van der Waals surface area contributed by atoms with Crippen molar-refractivity contribution in [2.24, 2.45) is 0 Å². The van der Waals surface area contributed by atoms with E-state index in [4.69, 9.17) is 0 Å². The lowest BCUT2D eigenvalue weighted by atomic mass is 10.2. The number of thiophene rings is 1. The fourth-order valence-corrected chi connectivity index (χ4v) is 4.65. The molecule has 1 amide bonds. The number of carbonyl (C=O) groups is 1. The van der Waals surface area contributed by atoms with Crippen LogP contribution in [0, 0.1) is 5.82 Å². The quantitative estimate of drug-likeness (QED) is 0.861. The van der Waals surface area contributed by atoms with E-state index < -0.39 is 5.82 Å². The summed E-state index contributed by atoms with van der Waals surface area (Å²) in [5.41, 5.74) is 1.37. The highest BCUT2D eigenvalue weighted by Crippen LogP contribution is 2.31. The van der Waals surface area contributed by atoms with Gasteiger partial charge in [-0.3, -0.25) is 14.6 Å². The van der Waals surface area contributed by atoms with Crippen LogP contribution >= 0.6 is 11.3 Å². The smallest absolute Gasteiger partial charge is 0.264 e. The zero-order chi connectivity index (χ0) is 17.2. The Morgan fingerprint density at radius 2 is 1.92 bits per heavy atom. The van der Waals surface area contributed by atoms with Gasteiger partial charge >= 0.3 is 0 Å². The van der Waals surface area contributed by atoms with E-state index in [2.05, 4.69) is 45.4 Å². The highest BCUT2D eigenvalue weighted by molar-refractivity contribution is 7.12. The van der Waals surface area contributed by atoms with E-state index in [1.165, 1.54) is 18.1 Å². The molecule has 1 aromatic heterocycles. The van der Waals surface area contributed by atoms with Gasteiger partial charge in [-0.05, 0) is 23.4 Å². The van der Waals surface area contributed by atoms with Crippen LogP contribution in [-0.4, -0.2) is 54.0 Å². The Kier molecular flexibility index (Phi) is 4.83. The monoisotopic (exact) mass is 359 g/mol. The van der Waals surface area contributed by atoms with Crippen molar-refractivity contribution in [3.05, 3.63) is 58.0 Å². The number of carbonyl (C=O) groups excluding carboxylic acids is 1. The maximum Gasteiger partial charge on any atom is 0.264 e. The molecule has 2 fully saturated rings. The van der Waals surface area contributed by atoms with Crippen molar-refractivity contribution >= 4 is 17.2 Å². The molecule has 2 aromatic rings. The molecule has 0 saturated carbocycles. The lowest BCUT2D eigenvalue weighted by Gasteiger charge is -2.34. The summed E-state index contributed by atoms with van der Waals surface area (Å²) in [6, 6.07) is 13.1. The van der Waals surface area contributed by atoms with Crippen LogP contribution in [0.2, 0.25) is 0 Å². The normalized spacial score (nSPS) is 23.2. The summed E-state index contributed by atoms with van der Waals surface area (Å²) in [6.45, 7) is 4.56. The lowest BCUT2D eigenvalue weighted by Crippen LogP contribution is -2.48. The number of piperazine rings is 1. The number of benzene rings is 1. The fourth-order valence-electron chi connectivity index (χ4n) is 3.97. The van der Waals surface area contributed by atoms with Crippen LogP contribution in [0.15, 0.2) is 41.8 Å². The van der Waals surface area contributed by atoms with Crippen molar-refractivity contribution in [1.82, 2.24) is 15.1 Å². The first-order chi connectivity index (χ1) is 12.2. The van der Waals surface area contributed by atoms with Crippen LogP contribution in [0.25, 0.3) is 0 Å². The third kappa shape index (κ3) is 3.61. The summed E-state index contributed by atoms with van der Waals surface area (Å²) in [4.78, 5) is 17.1. The highest BCUT2D eigenvalue weighted by atomic mass is 32.1. The van der Waals surface area contributed by atoms with Crippen LogP contribution in [0.1, 0.15) is 21.7 Å². The Bertz CT molecular complexity index is 735. The molecule has 3 heterocycles. The average molecular weight is 359 g/mol. The number of fused-ring (bicyclic) bond motifs is 2. The minimum atomic E-state index is -0.431. The predicted molar refractivity (Wildman–Crippen MR) is 97.2 cm³/mol. The number of halogens is 1. The topological polar surface area (TPSA) is 35.6 Å². The van der Waals surface area contributed by atoms with Crippen molar-refractivity contribution in [3.63, 3.8) is 0 Å². The van der Waals surface area contributed by atoms with Crippen LogP contribution in [0.5, 0.6) is 0 Å². The molecule has 25 heavy (non-hydrogen) atoms. The molecule has 0 spiro atoms. The fraction of sp³-hybridized carbons (Fsp3) is 0.421. The molecule has 4 nitrogen and oxygen atoms in total. The van der Waals surface area contributed by atoms with Gasteiger partial charge in [-0.1, -0.05) is 30.3 Å². The zero-order valence-corrected chi connectivity index (χ0v) is 14.8. The minimum Gasteiger partial charge on any atom is -0.350 e. The Balaban J connectivity index is 1.23. The lowest BCUT2D eigenvalue weighted by molar-refractivity contribution is 0.0932. The second-order valence-corrected chi connectivity index (χ2v) is 7.72. The number of nitrogens with one attached hydrogen (secondary N) is 1. The average Bonchev–Trinajstić information content (AvgIpc) is 3.31. The Labute approximate surface area is 151 Å². The zero-order valence-electron chi connectivity index (χ0n) is 14.0. The second kappa shape index (κ2) is 7.23. The molecule has 4 rings (SSSR count). The van der Waals surface area contributed by atoms with Crippen molar-refractivity contribution in [2.75, 3.05) is 26.2 Å². The van der Waals surface area contributed by atoms with Gasteiger partial charge in [0.1, 0.15) is 10.7 Å². The van der Waals surface area contributed by atoms with E-state index in [0.29, 0.717) is 18.6 Å². The van der Waals surface area contributed by atoms with E-state index in [1.807, 2.05) is 0 Å². The van der Waals surface area contributed by atoms with Crippen LogP contribution in [-0.2, 0) is 6.54 Å². The van der Waals surface area contributed by atoms with Crippen LogP contribution < -0.4 is 5.32 Å². The summed E-state index contributed by atoms with van der Waals surface area (Å²) in [5, 5.41) is 4.44. The van der Waals surface area contributed by atoms with Gasteiger partial charge in [-0.2, -0.15) is 0 Å². The maximum atomic E-state index is 13.4. The van der Waals surface area contributed by atoms with Gasteiger partial charge in [-0.25, -0.2) is 4.39 Å². The summed E-state index contributed by atoms with van der Waals surface area (Å²) in [6.07, 6.45) is 1.21. The molecule has 2 atom stereocenters. The first-order valence-corrected chi connectivity index (χ1v) is 9.62. The van der Waals surface area contributed by atoms with Gasteiger partial charge in [0.05, 0.1) is 0 Å². The number of hydrogen-bond acceptors (Lipinski definition) is 4. The van der Waals surface area contributed by atoms with Gasteiger partial charge in [0.25, 0.3) is 5.91 Å². The predicted octanol–water partition coefficient (Wildman–Crippen LogP) is 2.58. The standard InChI is InChI=1S/C19H22FN3OS/c20-17-6-9-25-18(17)19(24)21-7-8-22-12-16-10-15(22)13-23(16)11-14-4-2-1-3-5-14/h1-6,9,15-16H,7-8,10-13H2,(H,21,24). The summed E-state index contributed by atoms with van der Waals surface area (Å²) in [7, 11) is 0. The van der Waals surface area contributed by atoms with Crippen molar-refractivity contribution in [1.29, 1.82) is 0 Å². The summed E-state index contributed by atoms with van der Waals surface area (Å²) >= 11 is 1.15. The third-order valence-corrected chi connectivity index (χ3v) is 6.09. The van der Waals surface area contributed by atoms with Gasteiger partial charge in [0.2, 0.25) is 0 Å². The molecule has 2 unspecified atom stereocenters. The van der Waals surface area contributed by atoms with Crippen molar-refractivity contribution in [2.45, 2.75) is 25.0 Å². The van der Waals surface area contributed by atoms with Crippen molar-refractivity contribution < 1.29 is 9.18 Å². The van der Waals surface area contributed by atoms with E-state index in [-0.39, 0.29) is 10.8 Å². The molecule has 132 valence electrons. The molecular formula is C19H22FN3OS. The van der Waals surface area contributed by atoms with E-state index in [0.717, 1.165) is 37.5 Å². The number of rotatable bonds is 6. The molecule has 6 heteroatoms. The third-order valence-electron chi connectivity index (χ3n) is 5.20. The van der Waals surface area contributed by atoms with Gasteiger partial charge in [0, 0.05) is 44.8 Å². The molecule has 1 N–H and O–H groups in total. The Hall–Kier alpha value is -1.76. The number of likely N-dealkylation sites (tertiary alicyclic amines) is 2. The number of hydrogen-bond donors (Lipinski definition) is 1. The molecule has 0 radical (unpaired) electrons. The van der Waals surface area contributed by atoms with E-state index in [9.17, 15) is 9.18 Å². The molecule has 2 bridgehead atoms. The molecule has 2 saturated heterocycles. The first kappa shape index (κ1) is 16.7. The number of nitrogens with zero attached hydrogens (tertiary/aromatic N) is 2. The Morgan fingerprint density at radius 1 is 1.16 bits per heavy atom.